The molecule has 0 radical (unpaired) electrons. The van der Waals surface area contributed by atoms with Crippen LogP contribution in [0.25, 0.3) is 11.2 Å². The third-order valence-electron chi connectivity index (χ3n) is 2.78. The summed E-state index contributed by atoms with van der Waals surface area (Å²) < 4.78 is 5.86. The average Bonchev–Trinajstić information content (AvgIpc) is 2.89. The Hall–Kier alpha value is -2.63. The molecule has 19 heavy (non-hydrogen) atoms. The molecular weight excluding hydrogens is 242 g/mol. The molecule has 0 aliphatic carbocycles. The van der Waals surface area contributed by atoms with E-state index in [0.29, 0.717) is 23.0 Å². The van der Waals surface area contributed by atoms with Crippen LogP contribution in [0.5, 0.6) is 11.6 Å². The first-order chi connectivity index (χ1) is 9.28. The molecule has 2 heterocycles. The Labute approximate surface area is 109 Å². The molecule has 6 nitrogen and oxygen atoms in total. The lowest BCUT2D eigenvalue weighted by atomic mass is 10.2. The largest absolute Gasteiger partial charge is 0.437 e. The van der Waals surface area contributed by atoms with Crippen LogP contribution in [0.1, 0.15) is 5.56 Å². The van der Waals surface area contributed by atoms with Gasteiger partial charge in [-0.15, -0.1) is 0 Å². The van der Waals surface area contributed by atoms with Crippen molar-refractivity contribution >= 4 is 17.1 Å². The molecule has 3 rings (SSSR count). The van der Waals surface area contributed by atoms with Crippen molar-refractivity contribution in [3.63, 3.8) is 0 Å². The van der Waals surface area contributed by atoms with E-state index in [2.05, 4.69) is 25.3 Å². The summed E-state index contributed by atoms with van der Waals surface area (Å²) in [6.07, 6.45) is 1.57. The number of aryl methyl sites for hydroxylation is 1. The maximum Gasteiger partial charge on any atom is 0.250 e. The van der Waals surface area contributed by atoms with E-state index in [1.54, 1.807) is 13.4 Å². The Kier molecular flexibility index (Phi) is 2.75. The van der Waals surface area contributed by atoms with E-state index in [4.69, 9.17) is 4.74 Å². The molecule has 0 fully saturated rings. The lowest BCUT2D eigenvalue weighted by Gasteiger charge is -2.09. The van der Waals surface area contributed by atoms with Crippen LogP contribution in [0.3, 0.4) is 0 Å². The Morgan fingerprint density at radius 1 is 1.21 bits per heavy atom. The van der Waals surface area contributed by atoms with Gasteiger partial charge in [-0.05, 0) is 18.6 Å². The van der Waals surface area contributed by atoms with Crippen molar-refractivity contribution in [2.45, 2.75) is 6.92 Å². The van der Waals surface area contributed by atoms with Crippen molar-refractivity contribution in [1.29, 1.82) is 0 Å². The topological polar surface area (TPSA) is 75.7 Å². The van der Waals surface area contributed by atoms with Crippen molar-refractivity contribution in [3.05, 3.63) is 36.2 Å². The fourth-order valence-electron chi connectivity index (χ4n) is 1.77. The smallest absolute Gasteiger partial charge is 0.250 e. The van der Waals surface area contributed by atoms with Crippen LogP contribution in [-0.4, -0.2) is 27.0 Å². The molecule has 6 heteroatoms. The third-order valence-corrected chi connectivity index (χ3v) is 2.78. The van der Waals surface area contributed by atoms with Gasteiger partial charge in [0.25, 0.3) is 5.88 Å². The van der Waals surface area contributed by atoms with E-state index < -0.39 is 0 Å². The first-order valence-electron chi connectivity index (χ1n) is 5.90. The molecule has 0 amide bonds. The summed E-state index contributed by atoms with van der Waals surface area (Å²) in [5.41, 5.74) is 2.30. The molecule has 2 N–H and O–H groups in total. The van der Waals surface area contributed by atoms with Crippen LogP contribution in [0.2, 0.25) is 0 Å². The molecule has 0 saturated carbocycles. The highest BCUT2D eigenvalue weighted by Gasteiger charge is 2.12. The molecule has 96 valence electrons. The van der Waals surface area contributed by atoms with Crippen molar-refractivity contribution in [3.8, 4) is 11.6 Å². The van der Waals surface area contributed by atoms with E-state index in [9.17, 15) is 0 Å². The van der Waals surface area contributed by atoms with Gasteiger partial charge in [0.1, 0.15) is 11.3 Å². The first-order valence-corrected chi connectivity index (χ1v) is 5.90. The Morgan fingerprint density at radius 3 is 2.84 bits per heavy atom. The number of nitrogens with zero attached hydrogens (tertiary/aromatic N) is 3. The highest BCUT2D eigenvalue weighted by atomic mass is 16.5. The zero-order chi connectivity index (χ0) is 13.2. The van der Waals surface area contributed by atoms with Crippen LogP contribution in [0.4, 0.5) is 5.95 Å². The van der Waals surface area contributed by atoms with Crippen molar-refractivity contribution < 1.29 is 4.74 Å². The van der Waals surface area contributed by atoms with Gasteiger partial charge < -0.3 is 15.0 Å². The summed E-state index contributed by atoms with van der Waals surface area (Å²) in [7, 11) is 1.76. The zero-order valence-electron chi connectivity index (χ0n) is 10.6. The fraction of sp³-hybridized carbons (Fsp3) is 0.154. The first kappa shape index (κ1) is 11.5. The zero-order valence-corrected chi connectivity index (χ0v) is 10.6. The molecule has 2 aromatic heterocycles. The predicted molar refractivity (Wildman–Crippen MR) is 72.5 cm³/mol. The van der Waals surface area contributed by atoms with Gasteiger partial charge >= 0.3 is 0 Å². The number of rotatable bonds is 3. The molecule has 1 aromatic carbocycles. The van der Waals surface area contributed by atoms with Gasteiger partial charge in [0, 0.05) is 7.05 Å². The number of benzene rings is 1. The highest BCUT2D eigenvalue weighted by Crippen LogP contribution is 2.28. The summed E-state index contributed by atoms with van der Waals surface area (Å²) in [6.45, 7) is 1.99. The van der Waals surface area contributed by atoms with Gasteiger partial charge in [-0.1, -0.05) is 18.2 Å². The number of nitrogens with one attached hydrogen (secondary N) is 2. The average molecular weight is 255 g/mol. The van der Waals surface area contributed by atoms with E-state index in [0.717, 1.165) is 11.3 Å². The summed E-state index contributed by atoms with van der Waals surface area (Å²) in [6, 6.07) is 7.78. The lowest BCUT2D eigenvalue weighted by Crippen LogP contribution is -1.99. The van der Waals surface area contributed by atoms with E-state index in [1.807, 2.05) is 31.2 Å². The van der Waals surface area contributed by atoms with Crippen molar-refractivity contribution in [2.75, 3.05) is 12.4 Å². The number of hydrogen-bond donors (Lipinski definition) is 2. The molecule has 0 spiro atoms. The van der Waals surface area contributed by atoms with Crippen molar-refractivity contribution in [1.82, 2.24) is 19.9 Å². The molecule has 0 unspecified atom stereocenters. The molecule has 0 bridgehead atoms. The van der Waals surface area contributed by atoms with Gasteiger partial charge in [0.05, 0.1) is 6.33 Å². The van der Waals surface area contributed by atoms with Gasteiger partial charge in [0.2, 0.25) is 5.95 Å². The Morgan fingerprint density at radius 2 is 2.05 bits per heavy atom. The number of para-hydroxylation sites is 1. The summed E-state index contributed by atoms with van der Waals surface area (Å²) >= 11 is 0. The molecule has 0 aliphatic heterocycles. The monoisotopic (exact) mass is 255 g/mol. The second-order valence-corrected chi connectivity index (χ2v) is 4.07. The number of anilines is 1. The van der Waals surface area contributed by atoms with Gasteiger partial charge in [-0.3, -0.25) is 0 Å². The predicted octanol–water partition coefficient (Wildman–Crippen LogP) is 2.50. The maximum absolute atomic E-state index is 5.86. The van der Waals surface area contributed by atoms with Crippen LogP contribution in [0.15, 0.2) is 30.6 Å². The van der Waals surface area contributed by atoms with Gasteiger partial charge in [0.15, 0.2) is 5.65 Å². The number of aromatic nitrogens is 4. The third kappa shape index (κ3) is 2.08. The molecule has 0 aliphatic rings. The molecule has 0 saturated heterocycles. The summed E-state index contributed by atoms with van der Waals surface area (Å²) in [4.78, 5) is 15.7. The number of H-pyrrole nitrogens is 1. The van der Waals surface area contributed by atoms with E-state index in [-0.39, 0.29) is 0 Å². The minimum Gasteiger partial charge on any atom is -0.437 e. The number of aromatic amines is 1. The number of hydrogen-bond acceptors (Lipinski definition) is 5. The Bertz CT molecular complexity index is 722. The number of fused-ring (bicyclic) bond motifs is 1. The molecule has 0 atom stereocenters. The molecule has 3 aromatic rings. The van der Waals surface area contributed by atoms with Crippen LogP contribution >= 0.6 is 0 Å². The van der Waals surface area contributed by atoms with Crippen LogP contribution < -0.4 is 10.1 Å². The summed E-state index contributed by atoms with van der Waals surface area (Å²) in [5, 5.41) is 2.89. The van der Waals surface area contributed by atoms with Crippen LogP contribution in [-0.2, 0) is 0 Å². The standard InChI is InChI=1S/C13H13N5O/c1-8-5-3-4-6-9(8)19-12-10-11(16-7-15-10)17-13(14-2)18-12/h3-7H,1-2H3,(H2,14,15,16,17,18). The van der Waals surface area contributed by atoms with Crippen molar-refractivity contribution in [2.24, 2.45) is 0 Å². The second-order valence-electron chi connectivity index (χ2n) is 4.07. The minimum absolute atomic E-state index is 0.459. The van der Waals surface area contributed by atoms with Gasteiger partial charge in [-0.2, -0.15) is 9.97 Å². The van der Waals surface area contributed by atoms with Gasteiger partial charge in [-0.25, -0.2) is 4.98 Å². The highest BCUT2D eigenvalue weighted by molar-refractivity contribution is 5.77. The maximum atomic E-state index is 5.86. The minimum atomic E-state index is 0.459. The SMILES string of the molecule is CNc1nc(Oc2ccccc2C)c2[nH]cnc2n1. The normalized spacial score (nSPS) is 10.6. The van der Waals surface area contributed by atoms with Crippen LogP contribution in [0, 0.1) is 6.92 Å². The summed E-state index contributed by atoms with van der Waals surface area (Å²) in [5.74, 6) is 1.70. The molecular formula is C13H13N5O. The number of ether oxygens (including phenoxy) is 1. The Balaban J connectivity index is 2.09. The van der Waals surface area contributed by atoms with E-state index in [1.165, 1.54) is 0 Å². The lowest BCUT2D eigenvalue weighted by molar-refractivity contribution is 0.464. The quantitative estimate of drug-likeness (QED) is 0.752. The van der Waals surface area contributed by atoms with E-state index >= 15 is 0 Å². The second kappa shape index (κ2) is 4.56. The number of imidazole rings is 1. The fourth-order valence-corrected chi connectivity index (χ4v) is 1.77.